The van der Waals surface area contributed by atoms with E-state index in [0.29, 0.717) is 6.42 Å². The van der Waals surface area contributed by atoms with Crippen molar-refractivity contribution in [1.29, 1.82) is 0 Å². The smallest absolute Gasteiger partial charge is 0.399 e. The maximum atomic E-state index is 11.2. The molecule has 2 atom stereocenters. The van der Waals surface area contributed by atoms with Crippen molar-refractivity contribution in [2.75, 3.05) is 36.8 Å². The first kappa shape index (κ1) is 22.7. The summed E-state index contributed by atoms with van der Waals surface area (Å²) in [5.74, 6) is 0. The first-order valence-electron chi connectivity index (χ1n) is 12.1. The largest absolute Gasteiger partial charge is 0.495 e. The normalized spacial score (nSPS) is 26.9. The van der Waals surface area contributed by atoms with Crippen LogP contribution in [0.2, 0.25) is 0 Å². The number of rotatable bonds is 3. The molecule has 2 saturated heterocycles. The number of piperazine rings is 1. The Balaban J connectivity index is 1.30. The van der Waals surface area contributed by atoms with Gasteiger partial charge in [0.2, 0.25) is 0 Å². The second-order valence-electron chi connectivity index (χ2n) is 10.7. The molecule has 0 amide bonds. The van der Waals surface area contributed by atoms with E-state index in [9.17, 15) is 5.11 Å². The van der Waals surface area contributed by atoms with E-state index in [-0.39, 0.29) is 17.2 Å². The van der Waals surface area contributed by atoms with Crippen LogP contribution in [0.4, 0.5) is 11.4 Å². The fourth-order valence-corrected chi connectivity index (χ4v) is 5.43. The summed E-state index contributed by atoms with van der Waals surface area (Å²) in [4.78, 5) is 4.80. The summed E-state index contributed by atoms with van der Waals surface area (Å²) in [7, 11) is -0.395. The number of fused-ring (bicyclic) bond motifs is 1. The zero-order valence-corrected chi connectivity index (χ0v) is 20.3. The quantitative estimate of drug-likeness (QED) is 0.553. The third kappa shape index (κ3) is 4.05. The Labute approximate surface area is 197 Å². The summed E-state index contributed by atoms with van der Waals surface area (Å²) in [5, 5.41) is 11.2. The van der Waals surface area contributed by atoms with E-state index >= 15 is 0 Å². The number of nitrogens with zero attached hydrogens (tertiary/aromatic N) is 2. The number of para-hydroxylation sites is 2. The number of benzene rings is 2. The van der Waals surface area contributed by atoms with Crippen molar-refractivity contribution in [2.24, 2.45) is 0 Å². The topological polar surface area (TPSA) is 71.2 Å². The molecule has 176 valence electrons. The summed E-state index contributed by atoms with van der Waals surface area (Å²) in [5.41, 5.74) is 10.9. The van der Waals surface area contributed by atoms with Gasteiger partial charge in [-0.05, 0) is 69.3 Å². The molecule has 5 rings (SSSR count). The number of aliphatic hydroxyl groups is 1. The molecule has 0 unspecified atom stereocenters. The molecule has 2 aromatic rings. The molecular formula is C26H36BN3O3. The Morgan fingerprint density at radius 3 is 2.24 bits per heavy atom. The van der Waals surface area contributed by atoms with Gasteiger partial charge in [0.25, 0.3) is 0 Å². The summed E-state index contributed by atoms with van der Waals surface area (Å²) in [6.07, 6.45) is 1.07. The number of nitrogen functional groups attached to an aromatic ring is 1. The van der Waals surface area contributed by atoms with Gasteiger partial charge in [0.15, 0.2) is 0 Å². The van der Waals surface area contributed by atoms with Crippen molar-refractivity contribution in [1.82, 2.24) is 4.90 Å². The molecule has 0 aromatic heterocycles. The molecule has 3 N–H and O–H groups in total. The summed E-state index contributed by atoms with van der Waals surface area (Å²) >= 11 is 0. The van der Waals surface area contributed by atoms with Gasteiger partial charge in [-0.15, -0.1) is 0 Å². The van der Waals surface area contributed by atoms with Gasteiger partial charge in [-0.1, -0.05) is 30.3 Å². The fraction of sp³-hybridized carbons (Fsp3) is 0.538. The molecule has 0 bridgehead atoms. The first-order valence-corrected chi connectivity index (χ1v) is 12.1. The van der Waals surface area contributed by atoms with Gasteiger partial charge in [-0.2, -0.15) is 0 Å². The van der Waals surface area contributed by atoms with E-state index in [1.165, 1.54) is 11.1 Å². The average Bonchev–Trinajstić information content (AvgIpc) is 3.00. The van der Waals surface area contributed by atoms with Gasteiger partial charge < -0.3 is 25.0 Å². The molecule has 33 heavy (non-hydrogen) atoms. The van der Waals surface area contributed by atoms with Crippen LogP contribution in [0, 0.1) is 0 Å². The van der Waals surface area contributed by atoms with Gasteiger partial charge in [-0.25, -0.2) is 0 Å². The molecule has 7 heteroatoms. The number of hydrogen-bond donors (Lipinski definition) is 2. The second-order valence-corrected chi connectivity index (χ2v) is 10.7. The average molecular weight is 449 g/mol. The highest BCUT2D eigenvalue weighted by Crippen LogP contribution is 2.37. The van der Waals surface area contributed by atoms with Crippen molar-refractivity contribution < 1.29 is 14.4 Å². The Morgan fingerprint density at radius 1 is 0.909 bits per heavy atom. The third-order valence-corrected chi connectivity index (χ3v) is 8.16. The monoisotopic (exact) mass is 449 g/mol. The molecule has 0 radical (unpaired) electrons. The van der Waals surface area contributed by atoms with Crippen LogP contribution >= 0.6 is 0 Å². The third-order valence-electron chi connectivity index (χ3n) is 8.16. The molecule has 2 fully saturated rings. The zero-order valence-electron chi connectivity index (χ0n) is 20.3. The first-order chi connectivity index (χ1) is 15.7. The molecule has 0 saturated carbocycles. The highest BCUT2D eigenvalue weighted by atomic mass is 16.7. The minimum absolute atomic E-state index is 0.126. The maximum Gasteiger partial charge on any atom is 0.495 e. The highest BCUT2D eigenvalue weighted by Gasteiger charge is 2.52. The van der Waals surface area contributed by atoms with E-state index in [1.807, 2.05) is 18.2 Å². The molecule has 1 aliphatic carbocycles. The standard InChI is InChI=1S/C26H36BN3O3/c1-25(2)26(3,4)33-27(32-25)20-9-7-8-18-16-23(24(31)17-19(18)20)30-14-12-29(13-15-30)22-11-6-5-10-21(22)28/h5-11,23-24,31H,12-17,28H2,1-4H3/t23-,24-/m1/s1. The van der Waals surface area contributed by atoms with E-state index in [0.717, 1.165) is 49.4 Å². The SMILES string of the molecule is CC1(C)OB(c2cccc3c2C[C@@H](O)[C@H](N2CCN(c4ccccc4N)CC2)C3)OC1(C)C. The second kappa shape index (κ2) is 8.31. The van der Waals surface area contributed by atoms with Crippen LogP contribution in [0.5, 0.6) is 0 Å². The van der Waals surface area contributed by atoms with Crippen molar-refractivity contribution in [3.63, 3.8) is 0 Å². The van der Waals surface area contributed by atoms with Crippen molar-refractivity contribution in [3.05, 3.63) is 53.6 Å². The minimum Gasteiger partial charge on any atom is -0.399 e. The lowest BCUT2D eigenvalue weighted by atomic mass is 9.70. The van der Waals surface area contributed by atoms with Gasteiger partial charge in [0, 0.05) is 32.2 Å². The van der Waals surface area contributed by atoms with Crippen molar-refractivity contribution >= 4 is 24.0 Å². The molecular weight excluding hydrogens is 413 g/mol. The zero-order chi connectivity index (χ0) is 23.4. The number of nitrogens with two attached hydrogens (primary N) is 1. The molecule has 2 aromatic carbocycles. The van der Waals surface area contributed by atoms with Crippen LogP contribution < -0.4 is 16.1 Å². The lowest BCUT2D eigenvalue weighted by Gasteiger charge is -2.44. The lowest BCUT2D eigenvalue weighted by Crippen LogP contribution is -2.56. The van der Waals surface area contributed by atoms with Crippen LogP contribution in [-0.4, -0.2) is 66.7 Å². The number of hydrogen-bond acceptors (Lipinski definition) is 6. The number of anilines is 2. The van der Waals surface area contributed by atoms with Gasteiger partial charge in [0.05, 0.1) is 28.7 Å². The van der Waals surface area contributed by atoms with Gasteiger partial charge in [-0.3, -0.25) is 4.90 Å². The predicted molar refractivity (Wildman–Crippen MR) is 134 cm³/mol. The van der Waals surface area contributed by atoms with Crippen LogP contribution in [-0.2, 0) is 22.2 Å². The number of aliphatic hydroxyl groups excluding tert-OH is 1. The Kier molecular flexibility index (Phi) is 5.72. The van der Waals surface area contributed by atoms with Crippen LogP contribution in [0.15, 0.2) is 42.5 Å². The summed E-state index contributed by atoms with van der Waals surface area (Å²) < 4.78 is 12.7. The van der Waals surface area contributed by atoms with Gasteiger partial charge in [0.1, 0.15) is 0 Å². The van der Waals surface area contributed by atoms with Crippen LogP contribution in [0.25, 0.3) is 0 Å². The van der Waals surface area contributed by atoms with E-state index < -0.39 is 13.2 Å². The van der Waals surface area contributed by atoms with Crippen LogP contribution in [0.3, 0.4) is 0 Å². The Morgan fingerprint density at radius 2 is 1.58 bits per heavy atom. The Hall–Kier alpha value is -2.06. The fourth-order valence-electron chi connectivity index (χ4n) is 5.43. The molecule has 6 nitrogen and oxygen atoms in total. The maximum absolute atomic E-state index is 11.2. The predicted octanol–water partition coefficient (Wildman–Crippen LogP) is 2.22. The molecule has 0 spiro atoms. The van der Waals surface area contributed by atoms with E-state index in [2.05, 4.69) is 61.8 Å². The Bertz CT molecular complexity index is 1000. The van der Waals surface area contributed by atoms with E-state index in [4.69, 9.17) is 15.0 Å². The van der Waals surface area contributed by atoms with Gasteiger partial charge >= 0.3 is 7.12 Å². The summed E-state index contributed by atoms with van der Waals surface area (Å²) in [6, 6.07) is 14.6. The molecule has 3 aliphatic rings. The van der Waals surface area contributed by atoms with Crippen molar-refractivity contribution in [2.45, 2.75) is 63.9 Å². The minimum atomic E-state index is -0.408. The van der Waals surface area contributed by atoms with Crippen molar-refractivity contribution in [3.8, 4) is 0 Å². The molecule has 2 heterocycles. The lowest BCUT2D eigenvalue weighted by molar-refractivity contribution is 0.00578. The van der Waals surface area contributed by atoms with Crippen LogP contribution in [0.1, 0.15) is 38.8 Å². The molecule has 2 aliphatic heterocycles. The summed E-state index contributed by atoms with van der Waals surface area (Å²) in [6.45, 7) is 12.0. The highest BCUT2D eigenvalue weighted by molar-refractivity contribution is 6.62. The van der Waals surface area contributed by atoms with E-state index in [1.54, 1.807) is 0 Å².